The summed E-state index contributed by atoms with van der Waals surface area (Å²) < 4.78 is 8.83. The summed E-state index contributed by atoms with van der Waals surface area (Å²) in [4.78, 5) is 12.0. The standard InChI is InChI=1S/C14H20N6O2/c1-19-13(9-12(17-19)11-3-2-8-22-10-11)16-14(21)4-6-20-7-5-15-18-20/h5,7,9,11H,2-4,6,8,10H2,1H3,(H,16,21). The van der Waals surface area contributed by atoms with Gasteiger partial charge >= 0.3 is 0 Å². The van der Waals surface area contributed by atoms with Crippen LogP contribution in [-0.4, -0.2) is 43.9 Å². The third kappa shape index (κ3) is 3.51. The molecule has 0 spiro atoms. The van der Waals surface area contributed by atoms with Crippen LogP contribution in [0, 0.1) is 0 Å². The third-order valence-electron chi connectivity index (χ3n) is 3.78. The van der Waals surface area contributed by atoms with Crippen molar-refractivity contribution in [3.63, 3.8) is 0 Å². The maximum Gasteiger partial charge on any atom is 0.227 e. The summed E-state index contributed by atoms with van der Waals surface area (Å²) >= 11 is 0. The molecular weight excluding hydrogens is 284 g/mol. The number of hydrogen-bond acceptors (Lipinski definition) is 5. The second-order valence-corrected chi connectivity index (χ2v) is 5.46. The molecule has 8 nitrogen and oxygen atoms in total. The molecule has 1 fully saturated rings. The average Bonchev–Trinajstić information content (AvgIpc) is 3.17. The average molecular weight is 304 g/mol. The lowest BCUT2D eigenvalue weighted by molar-refractivity contribution is -0.116. The van der Waals surface area contributed by atoms with Crippen LogP contribution in [0.4, 0.5) is 5.82 Å². The maximum absolute atomic E-state index is 12.0. The quantitative estimate of drug-likeness (QED) is 0.888. The molecule has 3 rings (SSSR count). The minimum absolute atomic E-state index is 0.0649. The van der Waals surface area contributed by atoms with E-state index in [4.69, 9.17) is 4.74 Å². The SMILES string of the molecule is Cn1nc(C2CCCOC2)cc1NC(=O)CCn1ccnn1. The number of aryl methyl sites for hydroxylation is 2. The Kier molecular flexibility index (Phi) is 4.47. The molecule has 2 aromatic rings. The van der Waals surface area contributed by atoms with Gasteiger partial charge in [0.15, 0.2) is 0 Å². The fourth-order valence-corrected chi connectivity index (χ4v) is 2.55. The molecule has 3 heterocycles. The van der Waals surface area contributed by atoms with Crippen LogP contribution in [0.3, 0.4) is 0 Å². The molecular formula is C14H20N6O2. The molecule has 0 aliphatic carbocycles. The second-order valence-electron chi connectivity index (χ2n) is 5.46. The van der Waals surface area contributed by atoms with Gasteiger partial charge in [-0.25, -0.2) is 0 Å². The van der Waals surface area contributed by atoms with Crippen LogP contribution in [0.1, 0.15) is 30.9 Å². The van der Waals surface area contributed by atoms with Crippen LogP contribution in [0.25, 0.3) is 0 Å². The summed E-state index contributed by atoms with van der Waals surface area (Å²) in [6.45, 7) is 2.04. The highest BCUT2D eigenvalue weighted by atomic mass is 16.5. The summed E-state index contributed by atoms with van der Waals surface area (Å²) in [6.07, 6.45) is 5.81. The van der Waals surface area contributed by atoms with Gasteiger partial charge in [-0.1, -0.05) is 5.21 Å². The Hall–Kier alpha value is -2.22. The summed E-state index contributed by atoms with van der Waals surface area (Å²) in [5.41, 5.74) is 0.980. The highest BCUT2D eigenvalue weighted by Crippen LogP contribution is 2.26. The van der Waals surface area contributed by atoms with Crippen molar-refractivity contribution in [2.45, 2.75) is 31.7 Å². The molecule has 0 aromatic carbocycles. The summed E-state index contributed by atoms with van der Waals surface area (Å²) in [5.74, 6) is 0.967. The van der Waals surface area contributed by atoms with Crippen molar-refractivity contribution in [2.75, 3.05) is 18.5 Å². The number of ether oxygens (including phenoxy) is 1. The Morgan fingerprint density at radius 2 is 2.45 bits per heavy atom. The predicted molar refractivity (Wildman–Crippen MR) is 79.3 cm³/mol. The van der Waals surface area contributed by atoms with Crippen molar-refractivity contribution in [3.05, 3.63) is 24.2 Å². The van der Waals surface area contributed by atoms with E-state index >= 15 is 0 Å². The zero-order valence-electron chi connectivity index (χ0n) is 12.6. The number of carbonyl (C=O) groups is 1. The summed E-state index contributed by atoms with van der Waals surface area (Å²) in [6, 6.07) is 1.94. The lowest BCUT2D eigenvalue weighted by atomic mass is 9.99. The molecule has 1 aliphatic heterocycles. The minimum Gasteiger partial charge on any atom is -0.381 e. The number of carbonyl (C=O) groups excluding carboxylic acids is 1. The molecule has 1 unspecified atom stereocenters. The van der Waals surface area contributed by atoms with Crippen LogP contribution >= 0.6 is 0 Å². The monoisotopic (exact) mass is 304 g/mol. The number of amides is 1. The highest BCUT2D eigenvalue weighted by molar-refractivity contribution is 5.89. The third-order valence-corrected chi connectivity index (χ3v) is 3.78. The first-order valence-electron chi connectivity index (χ1n) is 7.48. The molecule has 22 heavy (non-hydrogen) atoms. The van der Waals surface area contributed by atoms with E-state index < -0.39 is 0 Å². The molecule has 1 amide bonds. The Balaban J connectivity index is 1.57. The fraction of sp³-hybridized carbons (Fsp3) is 0.571. The normalized spacial score (nSPS) is 18.3. The molecule has 0 radical (unpaired) electrons. The molecule has 1 aliphatic rings. The van der Waals surface area contributed by atoms with Gasteiger partial charge in [-0.3, -0.25) is 14.2 Å². The van der Waals surface area contributed by atoms with Crippen molar-refractivity contribution in [1.82, 2.24) is 24.8 Å². The van der Waals surface area contributed by atoms with Crippen LogP contribution in [0.5, 0.6) is 0 Å². The van der Waals surface area contributed by atoms with E-state index in [9.17, 15) is 4.79 Å². The molecule has 1 atom stereocenters. The van der Waals surface area contributed by atoms with E-state index in [0.29, 0.717) is 31.3 Å². The number of anilines is 1. The van der Waals surface area contributed by atoms with Gasteiger partial charge in [0.2, 0.25) is 5.91 Å². The van der Waals surface area contributed by atoms with Crippen molar-refractivity contribution in [2.24, 2.45) is 7.05 Å². The van der Waals surface area contributed by atoms with E-state index in [1.54, 1.807) is 21.8 Å². The van der Waals surface area contributed by atoms with Crippen LogP contribution in [0.15, 0.2) is 18.5 Å². The molecule has 118 valence electrons. The second kappa shape index (κ2) is 6.69. The van der Waals surface area contributed by atoms with Crippen molar-refractivity contribution < 1.29 is 9.53 Å². The summed E-state index contributed by atoms with van der Waals surface area (Å²) in [5, 5.41) is 14.9. The van der Waals surface area contributed by atoms with Crippen LogP contribution in [-0.2, 0) is 23.1 Å². The van der Waals surface area contributed by atoms with E-state index in [2.05, 4.69) is 20.7 Å². The maximum atomic E-state index is 12.0. The van der Waals surface area contributed by atoms with Crippen molar-refractivity contribution in [3.8, 4) is 0 Å². The van der Waals surface area contributed by atoms with Gasteiger partial charge < -0.3 is 10.1 Å². The topological polar surface area (TPSA) is 86.9 Å². The smallest absolute Gasteiger partial charge is 0.227 e. The molecule has 0 saturated carbocycles. The predicted octanol–water partition coefficient (Wildman–Crippen LogP) is 0.934. The van der Waals surface area contributed by atoms with E-state index in [1.165, 1.54) is 0 Å². The molecule has 2 aromatic heterocycles. The molecule has 1 saturated heterocycles. The fourth-order valence-electron chi connectivity index (χ4n) is 2.55. The van der Waals surface area contributed by atoms with E-state index in [0.717, 1.165) is 25.1 Å². The Bertz CT molecular complexity index is 615. The van der Waals surface area contributed by atoms with Gasteiger partial charge in [-0.2, -0.15) is 5.10 Å². The lowest BCUT2D eigenvalue weighted by Gasteiger charge is -2.19. The van der Waals surface area contributed by atoms with Crippen LogP contribution < -0.4 is 5.32 Å². The zero-order chi connectivity index (χ0) is 15.4. The van der Waals surface area contributed by atoms with Crippen LogP contribution in [0.2, 0.25) is 0 Å². The largest absolute Gasteiger partial charge is 0.381 e. The van der Waals surface area contributed by atoms with Gasteiger partial charge in [0.25, 0.3) is 0 Å². The number of nitrogens with one attached hydrogen (secondary N) is 1. The first-order chi connectivity index (χ1) is 10.7. The number of rotatable bonds is 5. The Morgan fingerprint density at radius 1 is 1.55 bits per heavy atom. The number of aromatic nitrogens is 5. The van der Waals surface area contributed by atoms with Crippen molar-refractivity contribution in [1.29, 1.82) is 0 Å². The highest BCUT2D eigenvalue weighted by Gasteiger charge is 2.20. The van der Waals surface area contributed by atoms with Crippen molar-refractivity contribution >= 4 is 11.7 Å². The molecule has 1 N–H and O–H groups in total. The van der Waals surface area contributed by atoms with Gasteiger partial charge in [0.1, 0.15) is 5.82 Å². The minimum atomic E-state index is -0.0649. The van der Waals surface area contributed by atoms with E-state index in [-0.39, 0.29) is 5.91 Å². The first-order valence-corrected chi connectivity index (χ1v) is 7.48. The number of hydrogen-bond donors (Lipinski definition) is 1. The number of nitrogens with zero attached hydrogens (tertiary/aromatic N) is 5. The Morgan fingerprint density at radius 3 is 3.18 bits per heavy atom. The van der Waals surface area contributed by atoms with E-state index in [1.807, 2.05) is 13.1 Å². The van der Waals surface area contributed by atoms with Gasteiger partial charge in [-0.05, 0) is 12.8 Å². The van der Waals surface area contributed by atoms with Gasteiger partial charge in [-0.15, -0.1) is 5.10 Å². The molecule has 8 heteroatoms. The molecule has 0 bridgehead atoms. The Labute approximate surface area is 128 Å². The zero-order valence-corrected chi connectivity index (χ0v) is 12.6. The first kappa shape index (κ1) is 14.7. The lowest BCUT2D eigenvalue weighted by Crippen LogP contribution is -2.16. The van der Waals surface area contributed by atoms with Gasteiger partial charge in [0.05, 0.1) is 25.0 Å². The summed E-state index contributed by atoms with van der Waals surface area (Å²) in [7, 11) is 1.83. The van der Waals surface area contributed by atoms with Gasteiger partial charge in [0, 0.05) is 38.3 Å².